The van der Waals surface area contributed by atoms with E-state index in [2.05, 4.69) is 0 Å². The Morgan fingerprint density at radius 1 is 1.38 bits per heavy atom. The second-order valence-electron chi connectivity index (χ2n) is 6.81. The zero-order chi connectivity index (χ0) is 15.8. The normalized spacial score (nSPS) is 18.0. The molecule has 2 N–H and O–H groups in total. The van der Waals surface area contributed by atoms with Gasteiger partial charge in [-0.1, -0.05) is 13.8 Å². The molecule has 0 spiro atoms. The number of fused-ring (bicyclic) bond motifs is 1. The molecule has 1 unspecified atom stereocenters. The lowest BCUT2D eigenvalue weighted by molar-refractivity contribution is 0.0692. The van der Waals surface area contributed by atoms with Crippen molar-refractivity contribution in [1.29, 1.82) is 0 Å². The first-order valence-corrected chi connectivity index (χ1v) is 7.46. The van der Waals surface area contributed by atoms with Crippen molar-refractivity contribution in [3.63, 3.8) is 0 Å². The maximum absolute atomic E-state index is 11.3. The summed E-state index contributed by atoms with van der Waals surface area (Å²) in [6, 6.07) is 3.33. The summed E-state index contributed by atoms with van der Waals surface area (Å²) >= 11 is 0. The van der Waals surface area contributed by atoms with Gasteiger partial charge in [0.15, 0.2) is 0 Å². The number of aliphatic hydroxyl groups is 1. The monoisotopic (exact) mass is 292 g/mol. The molecule has 4 nitrogen and oxygen atoms in total. The fraction of sp³-hybridized carbons (Fsp3) is 0.588. The molecule has 1 aromatic rings. The van der Waals surface area contributed by atoms with Gasteiger partial charge < -0.3 is 14.9 Å². The van der Waals surface area contributed by atoms with Crippen LogP contribution in [0.2, 0.25) is 0 Å². The van der Waals surface area contributed by atoms with Crippen LogP contribution in [-0.2, 0) is 12.8 Å². The lowest BCUT2D eigenvalue weighted by Gasteiger charge is -2.34. The summed E-state index contributed by atoms with van der Waals surface area (Å²) in [5, 5.41) is 19.4. The third-order valence-corrected chi connectivity index (χ3v) is 4.06. The van der Waals surface area contributed by atoms with E-state index in [4.69, 9.17) is 4.74 Å². The molecular formula is C17H24O4. The number of hydrogen-bond donors (Lipinski definition) is 2. The van der Waals surface area contributed by atoms with E-state index in [-0.39, 0.29) is 17.1 Å². The molecule has 21 heavy (non-hydrogen) atoms. The number of aliphatic hydroxyl groups excluding tert-OH is 1. The summed E-state index contributed by atoms with van der Waals surface area (Å²) in [6.07, 6.45) is 1.56. The van der Waals surface area contributed by atoms with E-state index in [0.29, 0.717) is 6.42 Å². The van der Waals surface area contributed by atoms with Crippen LogP contribution in [0.25, 0.3) is 0 Å². The van der Waals surface area contributed by atoms with Crippen LogP contribution in [0.15, 0.2) is 12.1 Å². The van der Waals surface area contributed by atoms with Crippen molar-refractivity contribution in [1.82, 2.24) is 0 Å². The van der Waals surface area contributed by atoms with Gasteiger partial charge in [0.25, 0.3) is 0 Å². The Kier molecular flexibility index (Phi) is 4.28. The van der Waals surface area contributed by atoms with Crippen molar-refractivity contribution in [2.75, 3.05) is 0 Å². The molecule has 1 aliphatic rings. The van der Waals surface area contributed by atoms with Gasteiger partial charge in [0.2, 0.25) is 0 Å². The number of carbonyl (C=O) groups is 1. The number of hydrogen-bond acceptors (Lipinski definition) is 3. The largest absolute Gasteiger partial charge is 0.487 e. The van der Waals surface area contributed by atoms with E-state index in [1.807, 2.05) is 27.7 Å². The summed E-state index contributed by atoms with van der Waals surface area (Å²) in [5.41, 5.74) is 1.73. The Balaban J connectivity index is 2.45. The van der Waals surface area contributed by atoms with Crippen LogP contribution >= 0.6 is 0 Å². The van der Waals surface area contributed by atoms with Gasteiger partial charge in [-0.15, -0.1) is 0 Å². The van der Waals surface area contributed by atoms with Crippen molar-refractivity contribution in [2.24, 2.45) is 5.92 Å². The number of benzene rings is 1. The van der Waals surface area contributed by atoms with E-state index < -0.39 is 12.1 Å². The van der Waals surface area contributed by atoms with Crippen molar-refractivity contribution in [3.8, 4) is 5.75 Å². The van der Waals surface area contributed by atoms with Gasteiger partial charge in [0.05, 0.1) is 11.7 Å². The number of ether oxygens (including phenoxy) is 1. The average Bonchev–Trinajstić information content (AvgIpc) is 2.37. The van der Waals surface area contributed by atoms with Crippen molar-refractivity contribution >= 4 is 5.97 Å². The van der Waals surface area contributed by atoms with Crippen molar-refractivity contribution in [3.05, 3.63) is 28.8 Å². The van der Waals surface area contributed by atoms with E-state index >= 15 is 0 Å². The zero-order valence-electron chi connectivity index (χ0n) is 13.1. The van der Waals surface area contributed by atoms with Crippen molar-refractivity contribution in [2.45, 2.75) is 58.7 Å². The van der Waals surface area contributed by atoms with Gasteiger partial charge >= 0.3 is 5.97 Å². The van der Waals surface area contributed by atoms with Crippen LogP contribution in [0.4, 0.5) is 0 Å². The summed E-state index contributed by atoms with van der Waals surface area (Å²) in [5.74, 6) is -0.0652. The Labute approximate surface area is 125 Å². The molecule has 0 aromatic heterocycles. The van der Waals surface area contributed by atoms with E-state index in [0.717, 1.165) is 29.7 Å². The molecule has 0 aliphatic carbocycles. The lowest BCUT2D eigenvalue weighted by atomic mass is 9.89. The second-order valence-corrected chi connectivity index (χ2v) is 6.81. The highest BCUT2D eigenvalue weighted by molar-refractivity contribution is 5.88. The summed E-state index contributed by atoms with van der Waals surface area (Å²) in [6.45, 7) is 7.96. The highest BCUT2D eigenvalue weighted by Crippen LogP contribution is 2.37. The molecule has 0 saturated heterocycles. The molecule has 0 amide bonds. The van der Waals surface area contributed by atoms with Crippen LogP contribution in [0, 0.1) is 5.92 Å². The molecule has 4 heteroatoms. The molecule has 0 bridgehead atoms. The molecule has 0 fully saturated rings. The fourth-order valence-corrected chi connectivity index (χ4v) is 2.57. The summed E-state index contributed by atoms with van der Waals surface area (Å²) < 4.78 is 6.06. The second kappa shape index (κ2) is 5.68. The minimum absolute atomic E-state index is 0.116. The third kappa shape index (κ3) is 3.56. The Morgan fingerprint density at radius 2 is 2.05 bits per heavy atom. The highest BCUT2D eigenvalue weighted by Gasteiger charge is 2.30. The first kappa shape index (κ1) is 15.8. The van der Waals surface area contributed by atoms with Gasteiger partial charge in [-0.3, -0.25) is 0 Å². The quantitative estimate of drug-likeness (QED) is 0.895. The first-order chi connectivity index (χ1) is 9.69. The minimum atomic E-state index is -0.942. The molecule has 2 rings (SSSR count). The number of rotatable bonds is 4. The molecule has 1 aliphatic heterocycles. The topological polar surface area (TPSA) is 66.8 Å². The van der Waals surface area contributed by atoms with Gasteiger partial charge in [-0.25, -0.2) is 4.79 Å². The van der Waals surface area contributed by atoms with Gasteiger partial charge in [0.1, 0.15) is 11.4 Å². The number of carboxylic acids is 1. The van der Waals surface area contributed by atoms with E-state index in [1.165, 1.54) is 0 Å². The van der Waals surface area contributed by atoms with Gasteiger partial charge in [0, 0.05) is 6.42 Å². The lowest BCUT2D eigenvalue weighted by Crippen LogP contribution is -2.33. The molecule has 1 atom stereocenters. The summed E-state index contributed by atoms with van der Waals surface area (Å²) in [7, 11) is 0. The average molecular weight is 292 g/mol. The Bertz CT molecular complexity index is 546. The third-order valence-electron chi connectivity index (χ3n) is 4.06. The zero-order valence-corrected chi connectivity index (χ0v) is 13.1. The highest BCUT2D eigenvalue weighted by atomic mass is 16.5. The Hall–Kier alpha value is -1.55. The predicted molar refractivity (Wildman–Crippen MR) is 81.0 cm³/mol. The van der Waals surface area contributed by atoms with Gasteiger partial charge in [-0.05, 0) is 55.9 Å². The number of carboxylic acid groups (broad SMARTS) is 1. The minimum Gasteiger partial charge on any atom is -0.487 e. The molecule has 1 aromatic carbocycles. The van der Waals surface area contributed by atoms with Crippen LogP contribution in [0.3, 0.4) is 0 Å². The number of aryl methyl sites for hydroxylation is 1. The van der Waals surface area contributed by atoms with E-state index in [1.54, 1.807) is 12.1 Å². The summed E-state index contributed by atoms with van der Waals surface area (Å²) in [4.78, 5) is 11.3. The van der Waals surface area contributed by atoms with Crippen LogP contribution < -0.4 is 4.74 Å². The maximum Gasteiger partial charge on any atom is 0.335 e. The molecule has 0 saturated carbocycles. The standard InChI is InChI=1S/C17H24O4/c1-10(2)14(18)9-12-8-13(16(19)20)7-11-5-6-17(3,4)21-15(11)12/h7-8,10,14,18H,5-6,9H2,1-4H3,(H,19,20). The fourth-order valence-electron chi connectivity index (χ4n) is 2.57. The maximum atomic E-state index is 11.3. The molecular weight excluding hydrogens is 268 g/mol. The molecule has 1 heterocycles. The number of aromatic carboxylic acids is 1. The predicted octanol–water partition coefficient (Wildman–Crippen LogP) is 3.05. The van der Waals surface area contributed by atoms with Gasteiger partial charge in [-0.2, -0.15) is 0 Å². The van der Waals surface area contributed by atoms with Crippen molar-refractivity contribution < 1.29 is 19.7 Å². The van der Waals surface area contributed by atoms with Crippen LogP contribution in [0.5, 0.6) is 5.75 Å². The first-order valence-electron chi connectivity index (χ1n) is 7.46. The van der Waals surface area contributed by atoms with E-state index in [9.17, 15) is 15.0 Å². The Morgan fingerprint density at radius 3 is 2.62 bits per heavy atom. The SMILES string of the molecule is CC(C)C(O)Cc1cc(C(=O)O)cc2c1OC(C)(C)CC2. The van der Waals surface area contributed by atoms with Crippen LogP contribution in [0.1, 0.15) is 55.6 Å². The smallest absolute Gasteiger partial charge is 0.335 e. The molecule has 116 valence electrons. The van der Waals surface area contributed by atoms with Crippen LogP contribution in [-0.4, -0.2) is 27.9 Å². The molecule has 0 radical (unpaired) electrons.